The Hall–Kier alpha value is -4.31. The molecule has 1 heterocycles. The molecule has 0 spiro atoms. The van der Waals surface area contributed by atoms with Crippen LogP contribution in [0, 0.1) is 0 Å². The van der Waals surface area contributed by atoms with Crippen molar-refractivity contribution < 1.29 is 14.7 Å². The second-order valence-electron chi connectivity index (χ2n) is 7.19. The zero-order valence-corrected chi connectivity index (χ0v) is 19.1. The topological polar surface area (TPSA) is 137 Å². The van der Waals surface area contributed by atoms with Gasteiger partial charge in [-0.25, -0.2) is 10.5 Å². The van der Waals surface area contributed by atoms with Crippen LogP contribution in [0.1, 0.15) is 27.7 Å². The van der Waals surface area contributed by atoms with Crippen LogP contribution in [0.5, 0.6) is 5.75 Å². The van der Waals surface area contributed by atoms with Crippen molar-refractivity contribution in [1.82, 2.24) is 20.9 Å². The Morgan fingerprint density at radius 1 is 1.03 bits per heavy atom. The number of aromatic hydroxyl groups is 1. The number of aromatic nitrogens is 2. The van der Waals surface area contributed by atoms with Crippen molar-refractivity contribution in [1.29, 1.82) is 0 Å². The summed E-state index contributed by atoms with van der Waals surface area (Å²) in [4.78, 5) is 38.2. The number of hydrogen-bond acceptors (Lipinski definition) is 6. The number of carbonyl (C=O) groups is 2. The average Bonchev–Trinajstić information content (AvgIpc) is 2.85. The molecule has 0 aliphatic heterocycles. The van der Waals surface area contributed by atoms with Gasteiger partial charge < -0.3 is 10.4 Å². The maximum atomic E-state index is 13.1. The van der Waals surface area contributed by atoms with Crippen LogP contribution in [0.2, 0.25) is 0 Å². The minimum Gasteiger partial charge on any atom is -0.507 e. The van der Waals surface area contributed by atoms with Crippen molar-refractivity contribution in [3.8, 4) is 5.75 Å². The highest BCUT2D eigenvalue weighted by Gasteiger charge is 2.27. The molecule has 1 aromatic heterocycles. The lowest BCUT2D eigenvalue weighted by molar-refractivity contribution is -0.123. The van der Waals surface area contributed by atoms with E-state index in [0.29, 0.717) is 21.9 Å². The molecule has 1 atom stereocenters. The van der Waals surface area contributed by atoms with Gasteiger partial charge in [0.2, 0.25) is 0 Å². The fourth-order valence-corrected chi connectivity index (χ4v) is 3.66. The number of nitrogens with one attached hydrogen (secondary N) is 3. The van der Waals surface area contributed by atoms with Gasteiger partial charge in [-0.2, -0.15) is 10.2 Å². The van der Waals surface area contributed by atoms with E-state index >= 15 is 0 Å². The Kier molecular flexibility index (Phi) is 6.79. The van der Waals surface area contributed by atoms with Crippen molar-refractivity contribution in [2.45, 2.75) is 6.04 Å². The number of aromatic amines is 1. The van der Waals surface area contributed by atoms with Gasteiger partial charge in [-0.3, -0.25) is 14.4 Å². The van der Waals surface area contributed by atoms with Crippen LogP contribution in [0.4, 0.5) is 0 Å². The first-order chi connectivity index (χ1) is 16.4. The highest BCUT2D eigenvalue weighted by atomic mass is 79.9. The lowest BCUT2D eigenvalue weighted by Crippen LogP contribution is -2.40. The molecule has 0 radical (unpaired) electrons. The summed E-state index contributed by atoms with van der Waals surface area (Å²) in [5, 5.41) is 23.7. The van der Waals surface area contributed by atoms with Crippen LogP contribution in [-0.2, 0) is 4.79 Å². The van der Waals surface area contributed by atoms with Crippen molar-refractivity contribution in [2.75, 3.05) is 0 Å². The molecule has 0 saturated heterocycles. The number of carbonyl (C=O) groups excluding carboxylic acids is 2. The third-order valence-electron chi connectivity index (χ3n) is 4.94. The number of phenols is 1. The molecule has 4 aromatic rings. The highest BCUT2D eigenvalue weighted by Crippen LogP contribution is 2.21. The smallest absolute Gasteiger partial charge is 0.272 e. The molecular formula is C24H18BrN5O4. The molecule has 0 saturated carbocycles. The molecule has 0 aliphatic rings. The monoisotopic (exact) mass is 519 g/mol. The van der Waals surface area contributed by atoms with Gasteiger partial charge >= 0.3 is 0 Å². The van der Waals surface area contributed by atoms with Gasteiger partial charge in [-0.05, 0) is 36.4 Å². The second-order valence-corrected chi connectivity index (χ2v) is 8.11. The van der Waals surface area contributed by atoms with Crippen molar-refractivity contribution in [3.63, 3.8) is 0 Å². The fraction of sp³-hybridized carbons (Fsp3) is 0.0417. The number of phenolic OH excluding ortho intramolecular Hbond substituents is 1. The zero-order chi connectivity index (χ0) is 24.1. The first-order valence-corrected chi connectivity index (χ1v) is 10.9. The number of hydrazone groups is 1. The second kappa shape index (κ2) is 10.1. The molecule has 170 valence electrons. The standard InChI is InChI=1S/C24H18BrN5O4/c25-16-10-11-19(31)15(12-16)13-26-29-24(34)21(27-22(32)14-6-2-1-3-7-14)20-17-8-4-5-9-18(17)23(33)30-28-20/h1-13,21,31H,(H,27,32)(H,29,34)(H,30,33)/b26-13-/t21-/m0/s1. The number of fused-ring (bicyclic) bond motifs is 1. The first-order valence-electron chi connectivity index (χ1n) is 10.1. The Morgan fingerprint density at radius 2 is 1.74 bits per heavy atom. The van der Waals surface area contributed by atoms with Gasteiger partial charge in [0.25, 0.3) is 17.4 Å². The van der Waals surface area contributed by atoms with E-state index in [4.69, 9.17) is 0 Å². The summed E-state index contributed by atoms with van der Waals surface area (Å²) in [6, 6.07) is 18.5. The van der Waals surface area contributed by atoms with Gasteiger partial charge in [0.1, 0.15) is 11.4 Å². The summed E-state index contributed by atoms with van der Waals surface area (Å²) < 4.78 is 0.718. The first kappa shape index (κ1) is 22.9. The molecule has 3 aromatic carbocycles. The van der Waals surface area contributed by atoms with E-state index in [0.717, 1.165) is 4.47 Å². The summed E-state index contributed by atoms with van der Waals surface area (Å²) in [5.41, 5.74) is 2.81. The van der Waals surface area contributed by atoms with Crippen LogP contribution >= 0.6 is 15.9 Å². The van der Waals surface area contributed by atoms with Crippen molar-refractivity contribution in [2.24, 2.45) is 5.10 Å². The van der Waals surface area contributed by atoms with E-state index in [9.17, 15) is 19.5 Å². The SMILES string of the molecule is O=C(N[C@H](C(=O)N/N=C\c1cc(Br)ccc1O)c1n[nH]c(=O)c2ccccc12)c1ccccc1. The van der Waals surface area contributed by atoms with Gasteiger partial charge in [0.05, 0.1) is 11.6 Å². The van der Waals surface area contributed by atoms with Crippen molar-refractivity contribution >= 4 is 44.7 Å². The van der Waals surface area contributed by atoms with Crippen LogP contribution in [0.3, 0.4) is 0 Å². The lowest BCUT2D eigenvalue weighted by atomic mass is 10.0. The summed E-state index contributed by atoms with van der Waals surface area (Å²) in [7, 11) is 0. The number of hydrogen-bond donors (Lipinski definition) is 4. The van der Waals surface area contributed by atoms with Crippen LogP contribution in [0.15, 0.2) is 87.2 Å². The van der Waals surface area contributed by atoms with E-state index in [1.807, 2.05) is 0 Å². The van der Waals surface area contributed by atoms with E-state index in [1.165, 1.54) is 12.3 Å². The quantitative estimate of drug-likeness (QED) is 0.229. The largest absolute Gasteiger partial charge is 0.507 e. The van der Waals surface area contributed by atoms with Crippen LogP contribution < -0.4 is 16.3 Å². The number of halogens is 1. The molecule has 2 amide bonds. The maximum Gasteiger partial charge on any atom is 0.272 e. The summed E-state index contributed by atoms with van der Waals surface area (Å²) >= 11 is 3.30. The van der Waals surface area contributed by atoms with E-state index in [2.05, 4.69) is 42.0 Å². The predicted molar refractivity (Wildman–Crippen MR) is 131 cm³/mol. The van der Waals surface area contributed by atoms with Crippen molar-refractivity contribution in [3.05, 3.63) is 104 Å². The summed E-state index contributed by atoms with van der Waals surface area (Å²) in [5.74, 6) is -1.23. The van der Waals surface area contributed by atoms with Crippen LogP contribution in [0.25, 0.3) is 10.8 Å². The summed E-state index contributed by atoms with van der Waals surface area (Å²) in [6.07, 6.45) is 1.27. The minimum atomic E-state index is -1.28. The molecule has 4 N–H and O–H groups in total. The number of amides is 2. The third kappa shape index (κ3) is 5.02. The van der Waals surface area contributed by atoms with E-state index in [1.54, 1.807) is 66.7 Å². The maximum absolute atomic E-state index is 13.1. The Morgan fingerprint density at radius 3 is 2.50 bits per heavy atom. The molecule has 0 unspecified atom stereocenters. The highest BCUT2D eigenvalue weighted by molar-refractivity contribution is 9.10. The van der Waals surface area contributed by atoms with Gasteiger partial charge in [-0.15, -0.1) is 0 Å². The lowest BCUT2D eigenvalue weighted by Gasteiger charge is -2.18. The van der Waals surface area contributed by atoms with Gasteiger partial charge in [0.15, 0.2) is 6.04 Å². The summed E-state index contributed by atoms with van der Waals surface area (Å²) in [6.45, 7) is 0. The Labute approximate surface area is 201 Å². The molecular weight excluding hydrogens is 502 g/mol. The van der Waals surface area contributed by atoms with Gasteiger partial charge in [-0.1, -0.05) is 52.3 Å². The third-order valence-corrected chi connectivity index (χ3v) is 5.43. The molecule has 0 aliphatic carbocycles. The minimum absolute atomic E-state index is 0.0246. The zero-order valence-electron chi connectivity index (χ0n) is 17.5. The molecule has 10 heteroatoms. The van der Waals surface area contributed by atoms with E-state index < -0.39 is 23.4 Å². The molecule has 4 rings (SSSR count). The molecule has 0 fully saturated rings. The number of benzene rings is 3. The normalized spacial score (nSPS) is 11.9. The van der Waals surface area contributed by atoms with Gasteiger partial charge in [0, 0.05) is 21.0 Å². The molecule has 34 heavy (non-hydrogen) atoms. The average molecular weight is 520 g/mol. The Balaban J connectivity index is 1.68. The fourth-order valence-electron chi connectivity index (χ4n) is 3.28. The number of nitrogens with zero attached hydrogens (tertiary/aromatic N) is 2. The number of H-pyrrole nitrogens is 1. The number of rotatable bonds is 6. The van der Waals surface area contributed by atoms with Crippen LogP contribution in [-0.4, -0.2) is 33.3 Å². The predicted octanol–water partition coefficient (Wildman–Crippen LogP) is 3.01. The van der Waals surface area contributed by atoms with E-state index in [-0.39, 0.29) is 11.4 Å². The molecule has 9 nitrogen and oxygen atoms in total. The Bertz CT molecular complexity index is 1450. The molecule has 0 bridgehead atoms.